The molecule has 0 amide bonds. The van der Waals surface area contributed by atoms with Crippen LogP contribution in [0.5, 0.6) is 0 Å². The first kappa shape index (κ1) is 18.3. The van der Waals surface area contributed by atoms with E-state index in [9.17, 15) is 9.59 Å². The lowest BCUT2D eigenvalue weighted by Gasteiger charge is -2.31. The second-order valence-electron chi connectivity index (χ2n) is 7.29. The van der Waals surface area contributed by atoms with Crippen LogP contribution < -0.4 is 10.5 Å². The molecule has 0 unspecified atom stereocenters. The fraction of sp³-hybridized carbons (Fsp3) is 0.250. The summed E-state index contributed by atoms with van der Waals surface area (Å²) in [6, 6.07) is 9.94. The van der Waals surface area contributed by atoms with Gasteiger partial charge in [-0.2, -0.15) is 0 Å². The van der Waals surface area contributed by atoms with Crippen LogP contribution in [0.1, 0.15) is 24.2 Å². The molecule has 1 aromatic carbocycles. The van der Waals surface area contributed by atoms with Crippen LogP contribution in [0.15, 0.2) is 53.7 Å². The van der Waals surface area contributed by atoms with Gasteiger partial charge >= 0.3 is 0 Å². The van der Waals surface area contributed by atoms with E-state index >= 15 is 0 Å². The van der Waals surface area contributed by atoms with Crippen molar-refractivity contribution in [3.8, 4) is 11.4 Å². The molecule has 28 heavy (non-hydrogen) atoms. The zero-order valence-corrected chi connectivity index (χ0v) is 16.2. The van der Waals surface area contributed by atoms with Gasteiger partial charge in [-0.25, -0.2) is 15.0 Å². The minimum Gasteiger partial charge on any atom is -0.328 e. The quantitative estimate of drug-likeness (QED) is 0.632. The summed E-state index contributed by atoms with van der Waals surface area (Å²) in [4.78, 5) is 40.1. The number of carbonyl (C=O) groups excluding carboxylic acids is 1. The third kappa shape index (κ3) is 3.29. The summed E-state index contributed by atoms with van der Waals surface area (Å²) in [5.41, 5.74) is 0.969. The van der Waals surface area contributed by atoms with E-state index in [0.717, 1.165) is 0 Å². The summed E-state index contributed by atoms with van der Waals surface area (Å²) in [6.07, 6.45) is 3.01. The monoisotopic (exact) mass is 395 g/mol. The fourth-order valence-electron chi connectivity index (χ4n) is 3.32. The number of nitrogens with zero attached hydrogens (tertiary/aromatic N) is 5. The van der Waals surface area contributed by atoms with Crippen molar-refractivity contribution >= 4 is 23.3 Å². The van der Waals surface area contributed by atoms with Crippen LogP contribution in [0, 0.1) is 0 Å². The first-order valence-electron chi connectivity index (χ1n) is 8.80. The predicted octanol–water partition coefficient (Wildman–Crippen LogP) is 2.84. The molecule has 0 radical (unpaired) electrons. The molecule has 3 aromatic rings. The molecule has 0 fully saturated rings. The largest absolute Gasteiger partial charge is 0.328 e. The van der Waals surface area contributed by atoms with Gasteiger partial charge < -0.3 is 4.90 Å². The van der Waals surface area contributed by atoms with Crippen molar-refractivity contribution < 1.29 is 4.79 Å². The van der Waals surface area contributed by atoms with Gasteiger partial charge in [-0.3, -0.25) is 14.2 Å². The third-order valence-corrected chi connectivity index (χ3v) is 5.07. The molecular formula is C20H18ClN5O2. The highest BCUT2D eigenvalue weighted by Gasteiger charge is 2.39. The summed E-state index contributed by atoms with van der Waals surface area (Å²) in [5, 5.41) is 0.575. The first-order chi connectivity index (χ1) is 13.3. The maximum atomic E-state index is 12.8. The average Bonchev–Trinajstić information content (AvgIpc) is 2.94. The van der Waals surface area contributed by atoms with Crippen LogP contribution in [0.4, 0.5) is 5.95 Å². The van der Waals surface area contributed by atoms with Crippen molar-refractivity contribution in [3.63, 3.8) is 0 Å². The van der Waals surface area contributed by atoms with E-state index in [-0.39, 0.29) is 17.9 Å². The Morgan fingerprint density at radius 1 is 1.18 bits per heavy atom. The van der Waals surface area contributed by atoms with E-state index in [2.05, 4.69) is 15.0 Å². The minimum absolute atomic E-state index is 0.0696. The molecule has 3 heterocycles. The van der Waals surface area contributed by atoms with Crippen LogP contribution in [0.3, 0.4) is 0 Å². The summed E-state index contributed by atoms with van der Waals surface area (Å²) in [6.45, 7) is 4.53. The Kier molecular flexibility index (Phi) is 4.47. The molecule has 0 bridgehead atoms. The van der Waals surface area contributed by atoms with E-state index in [1.807, 2.05) is 18.7 Å². The Bertz CT molecular complexity index is 1090. The molecule has 0 N–H and O–H groups in total. The number of anilines is 1. The Labute approximate surface area is 166 Å². The van der Waals surface area contributed by atoms with Crippen molar-refractivity contribution in [2.24, 2.45) is 0 Å². The average molecular weight is 396 g/mol. The van der Waals surface area contributed by atoms with Crippen molar-refractivity contribution in [2.45, 2.75) is 25.9 Å². The van der Waals surface area contributed by atoms with Gasteiger partial charge in [-0.15, -0.1) is 0 Å². The van der Waals surface area contributed by atoms with Crippen molar-refractivity contribution in [1.29, 1.82) is 0 Å². The highest BCUT2D eigenvalue weighted by molar-refractivity contribution is 6.30. The summed E-state index contributed by atoms with van der Waals surface area (Å²) in [7, 11) is 0. The molecule has 2 aromatic heterocycles. The normalized spacial score (nSPS) is 14.8. The molecule has 0 aliphatic carbocycles. The number of Topliss-reactive ketones (excluding diaryl/α,β-unsaturated/α-hetero) is 1. The van der Waals surface area contributed by atoms with Gasteiger partial charge in [0.2, 0.25) is 5.95 Å². The molecule has 142 valence electrons. The summed E-state index contributed by atoms with van der Waals surface area (Å²) in [5.74, 6) is 0.397. The molecule has 7 nitrogen and oxygen atoms in total. The number of hydrogen-bond donors (Lipinski definition) is 0. The Morgan fingerprint density at radius 2 is 1.93 bits per heavy atom. The third-order valence-electron chi connectivity index (χ3n) is 4.82. The van der Waals surface area contributed by atoms with E-state index in [1.54, 1.807) is 41.1 Å². The van der Waals surface area contributed by atoms with E-state index in [1.165, 1.54) is 12.4 Å². The lowest BCUT2D eigenvalue weighted by molar-refractivity contribution is 0.0993. The number of carbonyl (C=O) groups is 1. The van der Waals surface area contributed by atoms with Crippen molar-refractivity contribution in [2.75, 3.05) is 11.4 Å². The second-order valence-corrected chi connectivity index (χ2v) is 7.73. The van der Waals surface area contributed by atoms with Crippen molar-refractivity contribution in [1.82, 2.24) is 19.5 Å². The maximum absolute atomic E-state index is 12.8. The fourth-order valence-corrected chi connectivity index (χ4v) is 3.45. The Hall–Kier alpha value is -3.06. The summed E-state index contributed by atoms with van der Waals surface area (Å²) < 4.78 is 1.60. The number of fused-ring (bicyclic) bond motifs is 1. The molecular weight excluding hydrogens is 378 g/mol. The molecule has 8 heteroatoms. The second kappa shape index (κ2) is 6.83. The van der Waals surface area contributed by atoms with Crippen LogP contribution in [0.25, 0.3) is 11.4 Å². The topological polar surface area (TPSA) is 81.0 Å². The van der Waals surface area contributed by atoms with Gasteiger partial charge in [0.1, 0.15) is 6.33 Å². The minimum atomic E-state index is -0.439. The van der Waals surface area contributed by atoms with Crippen molar-refractivity contribution in [3.05, 3.63) is 69.9 Å². The van der Waals surface area contributed by atoms with Gasteiger partial charge in [-0.05, 0) is 44.2 Å². The number of halogens is 1. The van der Waals surface area contributed by atoms with Gasteiger partial charge in [0.05, 0.1) is 30.0 Å². The first-order valence-corrected chi connectivity index (χ1v) is 9.18. The van der Waals surface area contributed by atoms with Gasteiger partial charge in [-0.1, -0.05) is 11.6 Å². The molecule has 0 atom stereocenters. The lowest BCUT2D eigenvalue weighted by Crippen LogP contribution is -2.44. The number of rotatable bonds is 4. The SMILES string of the molecule is CC1(C)Cn2c(nc(-c3ccncn3)cc2=O)N1CC(=O)c1ccc(Cl)cc1. The number of ketones is 1. The highest BCUT2D eigenvalue weighted by Crippen LogP contribution is 2.32. The molecule has 4 rings (SSSR count). The molecule has 0 saturated heterocycles. The molecule has 1 aliphatic rings. The molecule has 0 saturated carbocycles. The van der Waals surface area contributed by atoms with Gasteiger partial charge in [0.25, 0.3) is 5.56 Å². The molecule has 0 spiro atoms. The Balaban J connectivity index is 1.73. The van der Waals surface area contributed by atoms with E-state index in [0.29, 0.717) is 34.5 Å². The highest BCUT2D eigenvalue weighted by atomic mass is 35.5. The molecule has 1 aliphatic heterocycles. The number of hydrogen-bond acceptors (Lipinski definition) is 6. The van der Waals surface area contributed by atoms with Crippen LogP contribution in [-0.4, -0.2) is 37.4 Å². The predicted molar refractivity (Wildman–Crippen MR) is 107 cm³/mol. The zero-order chi connectivity index (χ0) is 19.9. The Morgan fingerprint density at radius 3 is 2.61 bits per heavy atom. The number of aromatic nitrogens is 4. The van der Waals surface area contributed by atoms with Crippen LogP contribution >= 0.6 is 11.6 Å². The maximum Gasteiger partial charge on any atom is 0.255 e. The zero-order valence-electron chi connectivity index (χ0n) is 15.5. The van der Waals surface area contributed by atoms with Crippen LogP contribution in [-0.2, 0) is 6.54 Å². The lowest BCUT2D eigenvalue weighted by atomic mass is 10.0. The summed E-state index contributed by atoms with van der Waals surface area (Å²) >= 11 is 5.91. The number of benzene rings is 1. The van der Waals surface area contributed by atoms with Gasteiger partial charge in [0.15, 0.2) is 5.78 Å². The van der Waals surface area contributed by atoms with E-state index < -0.39 is 5.54 Å². The van der Waals surface area contributed by atoms with E-state index in [4.69, 9.17) is 11.6 Å². The smallest absolute Gasteiger partial charge is 0.255 e. The standard InChI is InChI=1S/C20H18ClN5O2/c1-20(2)11-25-18(28)9-16(15-7-8-22-12-23-15)24-19(25)26(20)10-17(27)13-3-5-14(21)6-4-13/h3-9,12H,10-11H2,1-2H3. The van der Waals surface area contributed by atoms with Gasteiger partial charge in [0, 0.05) is 22.8 Å². The van der Waals surface area contributed by atoms with Crippen LogP contribution in [0.2, 0.25) is 5.02 Å².